The molecule has 1 aliphatic carbocycles. The first-order chi connectivity index (χ1) is 23.1. The van der Waals surface area contributed by atoms with Gasteiger partial charge in [-0.15, -0.1) is 0 Å². The van der Waals surface area contributed by atoms with Crippen molar-refractivity contribution in [2.24, 2.45) is 0 Å². The van der Waals surface area contributed by atoms with E-state index in [0.717, 1.165) is 55.6 Å². The van der Waals surface area contributed by atoms with Crippen LogP contribution in [0, 0.1) is 0 Å². The molecule has 1 aliphatic rings. The largest absolute Gasteiger partial charge is 0.455 e. The molecule has 3 aromatic heterocycles. The monoisotopic (exact) mass is 603 g/mol. The summed E-state index contributed by atoms with van der Waals surface area (Å²) >= 11 is 0. The Morgan fingerprint density at radius 2 is 1.26 bits per heavy atom. The van der Waals surface area contributed by atoms with Crippen molar-refractivity contribution in [3.05, 3.63) is 151 Å². The van der Waals surface area contributed by atoms with Crippen LogP contribution >= 0.6 is 0 Å². The molecule has 0 radical (unpaired) electrons. The minimum Gasteiger partial charge on any atom is -0.455 e. The minimum absolute atomic E-state index is 0.0862. The molecule has 9 aromatic rings. The van der Waals surface area contributed by atoms with Gasteiger partial charge in [0.2, 0.25) is 0 Å². The summed E-state index contributed by atoms with van der Waals surface area (Å²) in [4.78, 5) is 10.5. The Morgan fingerprint density at radius 3 is 2.15 bits per heavy atom. The second-order valence-corrected chi connectivity index (χ2v) is 13.0. The van der Waals surface area contributed by atoms with Crippen molar-refractivity contribution in [1.82, 2.24) is 14.5 Å². The molecule has 0 unspecified atom stereocenters. The summed E-state index contributed by atoms with van der Waals surface area (Å²) in [5, 5.41) is 4.57. The van der Waals surface area contributed by atoms with Crippen LogP contribution in [0.1, 0.15) is 25.0 Å². The van der Waals surface area contributed by atoms with Gasteiger partial charge in [0.25, 0.3) is 0 Å². The van der Waals surface area contributed by atoms with E-state index in [1.54, 1.807) is 0 Å². The van der Waals surface area contributed by atoms with Gasteiger partial charge in [-0.05, 0) is 52.6 Å². The van der Waals surface area contributed by atoms with Crippen molar-refractivity contribution in [2.45, 2.75) is 19.3 Å². The Hall–Kier alpha value is -6.00. The molecule has 47 heavy (non-hydrogen) atoms. The number of rotatable bonds is 3. The van der Waals surface area contributed by atoms with E-state index in [0.29, 0.717) is 5.82 Å². The molecular formula is C43H29N3O. The molecule has 0 spiro atoms. The number of hydrogen-bond acceptors (Lipinski definition) is 3. The van der Waals surface area contributed by atoms with Crippen molar-refractivity contribution < 1.29 is 4.42 Å². The minimum atomic E-state index is -0.0862. The zero-order valence-electron chi connectivity index (χ0n) is 26.0. The summed E-state index contributed by atoms with van der Waals surface area (Å²) < 4.78 is 8.79. The molecular weight excluding hydrogens is 574 g/mol. The van der Waals surface area contributed by atoms with Crippen molar-refractivity contribution in [3.63, 3.8) is 0 Å². The number of fused-ring (bicyclic) bond motifs is 9. The molecule has 0 amide bonds. The van der Waals surface area contributed by atoms with Crippen LogP contribution in [0.4, 0.5) is 0 Å². The lowest BCUT2D eigenvalue weighted by atomic mass is 9.82. The lowest BCUT2D eigenvalue weighted by Crippen LogP contribution is -2.14. The molecule has 0 N–H and O–H groups in total. The zero-order chi connectivity index (χ0) is 31.3. The highest BCUT2D eigenvalue weighted by Gasteiger charge is 2.36. The first-order valence-electron chi connectivity index (χ1n) is 16.1. The Bertz CT molecular complexity index is 2710. The van der Waals surface area contributed by atoms with Gasteiger partial charge in [0.1, 0.15) is 17.0 Å². The summed E-state index contributed by atoms with van der Waals surface area (Å²) in [5.74, 6) is 1.45. The Kier molecular flexibility index (Phi) is 5.31. The average molecular weight is 604 g/mol. The summed E-state index contributed by atoms with van der Waals surface area (Å²) in [6.07, 6.45) is 0. The summed E-state index contributed by atoms with van der Waals surface area (Å²) in [6, 6.07) is 49.2. The van der Waals surface area contributed by atoms with E-state index in [9.17, 15) is 0 Å². The third-order valence-corrected chi connectivity index (χ3v) is 10.0. The fourth-order valence-corrected chi connectivity index (χ4v) is 7.76. The van der Waals surface area contributed by atoms with E-state index in [4.69, 9.17) is 14.4 Å². The topological polar surface area (TPSA) is 43.9 Å². The lowest BCUT2D eigenvalue weighted by Gasteiger charge is -2.21. The van der Waals surface area contributed by atoms with E-state index in [-0.39, 0.29) is 5.41 Å². The van der Waals surface area contributed by atoms with Crippen LogP contribution in [0.15, 0.2) is 144 Å². The Morgan fingerprint density at radius 1 is 0.532 bits per heavy atom. The standard InChI is InChI=1S/C43H29N3O/c1-43(2)34-20-9-6-15-27(34)32-24-38-33(23-35(32)43)28-16-7-10-21-37(28)46(38)40-25-36(26-13-4-3-5-14-26)44-42(45-40)31-19-12-18-30-29-17-8-11-22-39(29)47-41(30)31/h3-25H,1-2H3. The summed E-state index contributed by atoms with van der Waals surface area (Å²) in [6.45, 7) is 4.67. The molecule has 222 valence electrons. The maximum absolute atomic E-state index is 6.47. The van der Waals surface area contributed by atoms with Gasteiger partial charge in [-0.25, -0.2) is 9.97 Å². The van der Waals surface area contributed by atoms with E-state index in [2.05, 4.69) is 134 Å². The SMILES string of the molecule is CC1(C)c2ccccc2-c2cc3c(cc21)c1ccccc1n3-c1cc(-c2ccccc2)nc(-c2cccc3c2oc2ccccc23)n1. The molecule has 0 fully saturated rings. The average Bonchev–Trinajstić information content (AvgIpc) is 3.73. The zero-order valence-corrected chi connectivity index (χ0v) is 26.0. The number of para-hydroxylation sites is 3. The van der Waals surface area contributed by atoms with Crippen LogP contribution in [-0.4, -0.2) is 14.5 Å². The first-order valence-corrected chi connectivity index (χ1v) is 16.1. The maximum Gasteiger partial charge on any atom is 0.165 e. The highest BCUT2D eigenvalue weighted by molar-refractivity contribution is 6.12. The predicted molar refractivity (Wildman–Crippen MR) is 192 cm³/mol. The number of hydrogen-bond donors (Lipinski definition) is 0. The molecule has 0 atom stereocenters. The quantitative estimate of drug-likeness (QED) is 0.202. The van der Waals surface area contributed by atoms with Gasteiger partial charge in [0.05, 0.1) is 22.3 Å². The number of aromatic nitrogens is 3. The Labute approximate surface area is 271 Å². The van der Waals surface area contributed by atoms with Crippen LogP contribution < -0.4 is 0 Å². The van der Waals surface area contributed by atoms with Gasteiger partial charge in [0.15, 0.2) is 5.82 Å². The van der Waals surface area contributed by atoms with E-state index in [1.807, 2.05) is 24.3 Å². The van der Waals surface area contributed by atoms with Gasteiger partial charge in [-0.3, -0.25) is 4.57 Å². The summed E-state index contributed by atoms with van der Waals surface area (Å²) in [7, 11) is 0. The summed E-state index contributed by atoms with van der Waals surface area (Å²) in [5.41, 5.74) is 11.9. The maximum atomic E-state index is 6.47. The molecule has 6 aromatic carbocycles. The smallest absolute Gasteiger partial charge is 0.165 e. The number of nitrogens with zero attached hydrogens (tertiary/aromatic N) is 3. The fraction of sp³-hybridized carbons (Fsp3) is 0.0698. The molecule has 0 saturated carbocycles. The molecule has 0 aliphatic heterocycles. The lowest BCUT2D eigenvalue weighted by molar-refractivity contribution is 0.661. The van der Waals surface area contributed by atoms with E-state index in [1.165, 1.54) is 33.0 Å². The van der Waals surface area contributed by atoms with Crippen LogP contribution in [0.25, 0.3) is 83.3 Å². The van der Waals surface area contributed by atoms with Crippen molar-refractivity contribution >= 4 is 43.7 Å². The second kappa shape index (κ2) is 9.51. The molecule has 0 saturated heterocycles. The molecule has 4 heteroatoms. The highest BCUT2D eigenvalue weighted by atomic mass is 16.3. The number of benzene rings is 6. The first kappa shape index (κ1) is 26.2. The predicted octanol–water partition coefficient (Wildman–Crippen LogP) is 11.1. The van der Waals surface area contributed by atoms with Crippen LogP contribution in [0.2, 0.25) is 0 Å². The molecule has 3 heterocycles. The van der Waals surface area contributed by atoms with E-state index >= 15 is 0 Å². The third kappa shape index (κ3) is 3.70. The van der Waals surface area contributed by atoms with Gasteiger partial charge in [0, 0.05) is 38.6 Å². The van der Waals surface area contributed by atoms with Crippen LogP contribution in [0.5, 0.6) is 0 Å². The van der Waals surface area contributed by atoms with Crippen molar-refractivity contribution in [1.29, 1.82) is 0 Å². The van der Waals surface area contributed by atoms with Gasteiger partial charge >= 0.3 is 0 Å². The van der Waals surface area contributed by atoms with Crippen LogP contribution in [-0.2, 0) is 5.41 Å². The third-order valence-electron chi connectivity index (χ3n) is 10.0. The normalized spacial score (nSPS) is 13.5. The van der Waals surface area contributed by atoms with Crippen LogP contribution in [0.3, 0.4) is 0 Å². The number of furan rings is 1. The van der Waals surface area contributed by atoms with Crippen molar-refractivity contribution in [2.75, 3.05) is 0 Å². The van der Waals surface area contributed by atoms with E-state index < -0.39 is 0 Å². The van der Waals surface area contributed by atoms with Crippen molar-refractivity contribution in [3.8, 4) is 39.6 Å². The highest BCUT2D eigenvalue weighted by Crippen LogP contribution is 2.51. The second-order valence-electron chi connectivity index (χ2n) is 13.0. The fourth-order valence-electron chi connectivity index (χ4n) is 7.76. The Balaban J connectivity index is 1.30. The molecule has 0 bridgehead atoms. The van der Waals surface area contributed by atoms with Gasteiger partial charge in [-0.2, -0.15) is 0 Å². The molecule has 4 nitrogen and oxygen atoms in total. The van der Waals surface area contributed by atoms with Gasteiger partial charge < -0.3 is 4.42 Å². The molecule has 10 rings (SSSR count). The van der Waals surface area contributed by atoms with Gasteiger partial charge in [-0.1, -0.05) is 117 Å².